The fraction of sp³-hybridized carbons (Fsp3) is 0.625. The van der Waals surface area contributed by atoms with Crippen molar-refractivity contribution in [1.82, 2.24) is 4.90 Å². The highest BCUT2D eigenvalue weighted by Crippen LogP contribution is 2.28. The second-order valence-corrected chi connectivity index (χ2v) is 6.40. The summed E-state index contributed by atoms with van der Waals surface area (Å²) in [6.45, 7) is 3.20. The number of likely N-dealkylation sites (tertiary alicyclic amines) is 1. The van der Waals surface area contributed by atoms with E-state index in [1.165, 1.54) is 43.7 Å². The zero-order valence-corrected chi connectivity index (χ0v) is 12.7. The summed E-state index contributed by atoms with van der Waals surface area (Å²) in [6, 6.07) is 11.5. The van der Waals surface area contributed by atoms with Crippen molar-refractivity contribution in [1.29, 1.82) is 0 Å². The number of nitrogens with zero attached hydrogens (tertiary/aromatic N) is 1. The van der Waals surface area contributed by atoms with E-state index in [4.69, 9.17) is 5.73 Å². The maximum atomic E-state index is 5.97. The molecule has 2 rings (SSSR count). The Morgan fingerprint density at radius 2 is 2.16 bits per heavy atom. The first-order valence-electron chi connectivity index (χ1n) is 7.33. The maximum absolute atomic E-state index is 5.97. The Kier molecular flexibility index (Phi) is 6.21. The van der Waals surface area contributed by atoms with E-state index < -0.39 is 0 Å². The molecule has 1 aromatic carbocycles. The number of benzene rings is 1. The molecule has 2 N–H and O–H groups in total. The van der Waals surface area contributed by atoms with Crippen molar-refractivity contribution in [2.75, 3.05) is 31.6 Å². The minimum Gasteiger partial charge on any atom is -0.329 e. The monoisotopic (exact) mass is 278 g/mol. The normalized spacial score (nSPS) is 21.7. The smallest absolute Gasteiger partial charge is 0.0218 e. The van der Waals surface area contributed by atoms with Crippen LogP contribution in [0, 0.1) is 0 Å². The van der Waals surface area contributed by atoms with Crippen LogP contribution in [0.5, 0.6) is 0 Å². The summed E-state index contributed by atoms with van der Waals surface area (Å²) in [7, 11) is 0. The van der Waals surface area contributed by atoms with Gasteiger partial charge in [0.15, 0.2) is 0 Å². The predicted octanol–water partition coefficient (Wildman–Crippen LogP) is 2.95. The number of nitrogens with two attached hydrogens (primary N) is 1. The lowest BCUT2D eigenvalue weighted by Gasteiger charge is -2.26. The predicted molar refractivity (Wildman–Crippen MR) is 85.8 cm³/mol. The van der Waals surface area contributed by atoms with Gasteiger partial charge in [-0.1, -0.05) is 30.3 Å². The number of thioether (sulfide) groups is 1. The van der Waals surface area contributed by atoms with Crippen LogP contribution in [-0.2, 0) is 0 Å². The van der Waals surface area contributed by atoms with E-state index >= 15 is 0 Å². The quantitative estimate of drug-likeness (QED) is 0.778. The second-order valence-electron chi connectivity index (χ2n) is 5.42. The lowest BCUT2D eigenvalue weighted by Crippen LogP contribution is -2.39. The van der Waals surface area contributed by atoms with E-state index in [0.29, 0.717) is 12.0 Å². The highest BCUT2D eigenvalue weighted by atomic mass is 32.2. The molecule has 1 aliphatic heterocycles. The molecule has 1 heterocycles. The first kappa shape index (κ1) is 14.9. The third-order valence-corrected chi connectivity index (χ3v) is 4.86. The molecule has 0 bridgehead atoms. The molecule has 1 saturated heterocycles. The van der Waals surface area contributed by atoms with Crippen molar-refractivity contribution in [3.63, 3.8) is 0 Å². The molecule has 2 nitrogen and oxygen atoms in total. The van der Waals surface area contributed by atoms with Crippen LogP contribution in [0.2, 0.25) is 0 Å². The summed E-state index contributed by atoms with van der Waals surface area (Å²) in [5.41, 5.74) is 7.46. The second kappa shape index (κ2) is 7.93. The van der Waals surface area contributed by atoms with Gasteiger partial charge >= 0.3 is 0 Å². The number of hydrogen-bond donors (Lipinski definition) is 1. The van der Waals surface area contributed by atoms with Crippen molar-refractivity contribution in [3.8, 4) is 0 Å². The molecule has 2 unspecified atom stereocenters. The molecule has 0 radical (unpaired) electrons. The van der Waals surface area contributed by atoms with Crippen molar-refractivity contribution in [2.45, 2.75) is 31.2 Å². The molecule has 2 atom stereocenters. The van der Waals surface area contributed by atoms with Gasteiger partial charge in [-0.3, -0.25) is 4.90 Å². The summed E-state index contributed by atoms with van der Waals surface area (Å²) >= 11 is 1.93. The number of rotatable bonds is 7. The molecule has 0 saturated carbocycles. The van der Waals surface area contributed by atoms with Gasteiger partial charge in [0.05, 0.1) is 0 Å². The molecular weight excluding hydrogens is 252 g/mol. The van der Waals surface area contributed by atoms with Gasteiger partial charge in [-0.05, 0) is 49.3 Å². The minimum absolute atomic E-state index is 0.584. The third-order valence-electron chi connectivity index (χ3n) is 4.16. The molecule has 3 heteroatoms. The molecular formula is C16H26N2S. The average molecular weight is 278 g/mol. The van der Waals surface area contributed by atoms with Crippen LogP contribution >= 0.6 is 11.8 Å². The van der Waals surface area contributed by atoms with Gasteiger partial charge in [0.25, 0.3) is 0 Å². The number of hydrogen-bond acceptors (Lipinski definition) is 3. The Labute approximate surface area is 121 Å². The van der Waals surface area contributed by atoms with Crippen LogP contribution in [-0.4, -0.2) is 42.6 Å². The summed E-state index contributed by atoms with van der Waals surface area (Å²) in [4.78, 5) is 2.61. The Morgan fingerprint density at radius 1 is 1.37 bits per heavy atom. The van der Waals surface area contributed by atoms with Gasteiger partial charge in [-0.2, -0.15) is 11.8 Å². The standard InChI is InChI=1S/C16H26N2S/c1-19-11-5-8-16(12-17)18-10-9-15(13-18)14-6-3-2-4-7-14/h2-4,6-7,15-16H,5,8-13,17H2,1H3. The average Bonchev–Trinajstić information content (AvgIpc) is 2.94. The molecule has 0 amide bonds. The van der Waals surface area contributed by atoms with Crippen molar-refractivity contribution in [3.05, 3.63) is 35.9 Å². The van der Waals surface area contributed by atoms with Gasteiger partial charge in [0, 0.05) is 19.1 Å². The summed E-state index contributed by atoms with van der Waals surface area (Å²) < 4.78 is 0. The lowest BCUT2D eigenvalue weighted by atomic mass is 9.99. The SMILES string of the molecule is CSCCCC(CN)N1CCC(c2ccccc2)C1. The molecule has 1 aromatic rings. The maximum Gasteiger partial charge on any atom is 0.0218 e. The van der Waals surface area contributed by atoms with Crippen LogP contribution in [0.1, 0.15) is 30.7 Å². The Morgan fingerprint density at radius 3 is 2.84 bits per heavy atom. The summed E-state index contributed by atoms with van der Waals surface area (Å²) in [5, 5.41) is 0. The van der Waals surface area contributed by atoms with Crippen molar-refractivity contribution < 1.29 is 0 Å². The molecule has 1 fully saturated rings. The van der Waals surface area contributed by atoms with E-state index in [1.807, 2.05) is 11.8 Å². The van der Waals surface area contributed by atoms with E-state index in [0.717, 1.165) is 6.54 Å². The highest BCUT2D eigenvalue weighted by molar-refractivity contribution is 7.98. The Hall–Kier alpha value is -0.510. The van der Waals surface area contributed by atoms with Crippen LogP contribution in [0.4, 0.5) is 0 Å². The Bertz CT molecular complexity index is 355. The van der Waals surface area contributed by atoms with Gasteiger partial charge in [-0.15, -0.1) is 0 Å². The van der Waals surface area contributed by atoms with Gasteiger partial charge in [0.1, 0.15) is 0 Å². The lowest BCUT2D eigenvalue weighted by molar-refractivity contribution is 0.232. The molecule has 1 aliphatic rings. The van der Waals surface area contributed by atoms with Gasteiger partial charge < -0.3 is 5.73 Å². The molecule has 106 valence electrons. The third kappa shape index (κ3) is 4.23. The van der Waals surface area contributed by atoms with E-state index in [2.05, 4.69) is 41.5 Å². The topological polar surface area (TPSA) is 29.3 Å². The first-order chi connectivity index (χ1) is 9.35. The van der Waals surface area contributed by atoms with E-state index in [1.54, 1.807) is 0 Å². The zero-order valence-electron chi connectivity index (χ0n) is 11.9. The van der Waals surface area contributed by atoms with Gasteiger partial charge in [0.2, 0.25) is 0 Å². The summed E-state index contributed by atoms with van der Waals surface area (Å²) in [6.07, 6.45) is 6.00. The first-order valence-corrected chi connectivity index (χ1v) is 8.72. The molecule has 19 heavy (non-hydrogen) atoms. The summed E-state index contributed by atoms with van der Waals surface area (Å²) in [5.74, 6) is 1.96. The fourth-order valence-electron chi connectivity index (χ4n) is 3.03. The minimum atomic E-state index is 0.584. The highest BCUT2D eigenvalue weighted by Gasteiger charge is 2.27. The fourth-order valence-corrected chi connectivity index (χ4v) is 3.48. The van der Waals surface area contributed by atoms with E-state index in [-0.39, 0.29) is 0 Å². The van der Waals surface area contributed by atoms with E-state index in [9.17, 15) is 0 Å². The largest absolute Gasteiger partial charge is 0.329 e. The molecule has 0 spiro atoms. The van der Waals surface area contributed by atoms with Gasteiger partial charge in [-0.25, -0.2) is 0 Å². The molecule has 0 aromatic heterocycles. The van der Waals surface area contributed by atoms with Crippen molar-refractivity contribution in [2.24, 2.45) is 5.73 Å². The van der Waals surface area contributed by atoms with Crippen LogP contribution in [0.3, 0.4) is 0 Å². The van der Waals surface area contributed by atoms with Crippen LogP contribution < -0.4 is 5.73 Å². The molecule has 0 aliphatic carbocycles. The zero-order chi connectivity index (χ0) is 13.5. The van der Waals surface area contributed by atoms with Crippen LogP contribution in [0.15, 0.2) is 30.3 Å². The Balaban J connectivity index is 1.86. The van der Waals surface area contributed by atoms with Crippen LogP contribution in [0.25, 0.3) is 0 Å². The van der Waals surface area contributed by atoms with Crippen molar-refractivity contribution >= 4 is 11.8 Å².